The maximum atomic E-state index is 12.3. The van der Waals surface area contributed by atoms with Gasteiger partial charge in [-0.1, -0.05) is 18.2 Å². The van der Waals surface area contributed by atoms with Gasteiger partial charge in [-0.05, 0) is 49.2 Å². The molecule has 2 aromatic carbocycles. The molecule has 0 radical (unpaired) electrons. The lowest BCUT2D eigenvalue weighted by atomic mass is 10.2. The van der Waals surface area contributed by atoms with Gasteiger partial charge in [0.25, 0.3) is 0 Å². The third kappa shape index (κ3) is 5.79. The van der Waals surface area contributed by atoms with Crippen molar-refractivity contribution >= 4 is 16.0 Å². The molecule has 1 unspecified atom stereocenters. The molecule has 3 rings (SSSR count). The Morgan fingerprint density at radius 1 is 1.07 bits per heavy atom. The van der Waals surface area contributed by atoms with E-state index in [0.717, 1.165) is 12.8 Å². The van der Waals surface area contributed by atoms with Crippen molar-refractivity contribution in [2.24, 2.45) is 0 Å². The Bertz CT molecular complexity index is 861. The highest BCUT2D eigenvalue weighted by atomic mass is 32.2. The predicted octanol–water partition coefficient (Wildman–Crippen LogP) is 2.38. The van der Waals surface area contributed by atoms with Crippen molar-refractivity contribution in [3.63, 3.8) is 0 Å². The number of hydrogen-bond acceptors (Lipinski definition) is 6. The highest BCUT2D eigenvalue weighted by Crippen LogP contribution is 2.14. The lowest BCUT2D eigenvalue weighted by molar-refractivity contribution is 0.0450. The van der Waals surface area contributed by atoms with E-state index in [-0.39, 0.29) is 36.3 Å². The summed E-state index contributed by atoms with van der Waals surface area (Å²) in [6.45, 7) is 1.24. The fourth-order valence-corrected chi connectivity index (χ4v) is 3.82. The number of esters is 1. The Morgan fingerprint density at radius 3 is 2.50 bits per heavy atom. The molecule has 0 aliphatic carbocycles. The van der Waals surface area contributed by atoms with Crippen LogP contribution in [0.4, 0.5) is 0 Å². The van der Waals surface area contributed by atoms with E-state index in [2.05, 4.69) is 4.72 Å². The molecule has 1 fully saturated rings. The van der Waals surface area contributed by atoms with E-state index in [0.29, 0.717) is 12.4 Å². The summed E-state index contributed by atoms with van der Waals surface area (Å²) in [5.74, 6) is 0.163. The number of ether oxygens (including phenoxy) is 3. The largest absolute Gasteiger partial charge is 0.490 e. The van der Waals surface area contributed by atoms with Crippen LogP contribution < -0.4 is 9.46 Å². The summed E-state index contributed by atoms with van der Waals surface area (Å²) in [4.78, 5) is 12.1. The molecule has 28 heavy (non-hydrogen) atoms. The number of hydrogen-bond donors (Lipinski definition) is 1. The second kappa shape index (κ2) is 9.68. The van der Waals surface area contributed by atoms with Crippen LogP contribution in [-0.4, -0.2) is 46.9 Å². The minimum absolute atomic E-state index is 0.0814. The molecule has 0 aromatic heterocycles. The van der Waals surface area contributed by atoms with Gasteiger partial charge in [0, 0.05) is 13.2 Å². The fourth-order valence-electron chi connectivity index (χ4n) is 2.76. The SMILES string of the molecule is O=C(OCCOc1ccccc1)c1ccc(S(=O)(=O)NCC2CCCO2)cc1. The quantitative estimate of drug-likeness (QED) is 0.509. The van der Waals surface area contributed by atoms with Crippen LogP contribution in [0.15, 0.2) is 59.5 Å². The molecule has 8 heteroatoms. The Balaban J connectivity index is 1.46. The van der Waals surface area contributed by atoms with Crippen LogP contribution in [-0.2, 0) is 19.5 Å². The van der Waals surface area contributed by atoms with Gasteiger partial charge in [0.1, 0.15) is 19.0 Å². The molecule has 1 heterocycles. The van der Waals surface area contributed by atoms with Gasteiger partial charge >= 0.3 is 5.97 Å². The van der Waals surface area contributed by atoms with Gasteiger partial charge in [-0.3, -0.25) is 0 Å². The van der Waals surface area contributed by atoms with E-state index in [1.165, 1.54) is 24.3 Å². The molecular weight excluding hydrogens is 382 g/mol. The van der Waals surface area contributed by atoms with Crippen LogP contribution in [0.5, 0.6) is 5.75 Å². The highest BCUT2D eigenvalue weighted by molar-refractivity contribution is 7.89. The summed E-state index contributed by atoms with van der Waals surface area (Å²) in [5.41, 5.74) is 0.276. The number of carbonyl (C=O) groups is 1. The molecule has 2 aromatic rings. The van der Waals surface area contributed by atoms with Crippen molar-refractivity contribution in [1.82, 2.24) is 4.72 Å². The van der Waals surface area contributed by atoms with E-state index in [9.17, 15) is 13.2 Å². The Morgan fingerprint density at radius 2 is 1.82 bits per heavy atom. The van der Waals surface area contributed by atoms with E-state index >= 15 is 0 Å². The summed E-state index contributed by atoms with van der Waals surface area (Å²) in [6, 6.07) is 14.8. The second-order valence-electron chi connectivity index (χ2n) is 6.31. The van der Waals surface area contributed by atoms with Crippen LogP contribution in [0.25, 0.3) is 0 Å². The molecule has 0 spiro atoms. The molecular formula is C20H23NO6S. The molecule has 1 aliphatic heterocycles. The summed E-state index contributed by atoms with van der Waals surface area (Å²) in [7, 11) is -3.64. The zero-order valence-electron chi connectivity index (χ0n) is 15.4. The first-order valence-corrected chi connectivity index (χ1v) is 10.6. The van der Waals surface area contributed by atoms with E-state index < -0.39 is 16.0 Å². The summed E-state index contributed by atoms with van der Waals surface area (Å²) in [5, 5.41) is 0. The van der Waals surface area contributed by atoms with Crippen LogP contribution >= 0.6 is 0 Å². The van der Waals surface area contributed by atoms with Crippen molar-refractivity contribution in [1.29, 1.82) is 0 Å². The van der Waals surface area contributed by atoms with Gasteiger partial charge in [0.2, 0.25) is 10.0 Å². The Hall–Kier alpha value is -2.42. The Kier molecular flexibility index (Phi) is 7.02. The normalized spacial score (nSPS) is 16.6. The maximum Gasteiger partial charge on any atom is 0.338 e. The first kappa shape index (κ1) is 20.3. The molecule has 1 aliphatic rings. The molecule has 0 bridgehead atoms. The van der Waals surface area contributed by atoms with Crippen molar-refractivity contribution in [3.8, 4) is 5.75 Å². The highest BCUT2D eigenvalue weighted by Gasteiger charge is 2.20. The minimum atomic E-state index is -3.64. The average Bonchev–Trinajstić information content (AvgIpc) is 3.24. The topological polar surface area (TPSA) is 90.9 Å². The third-order valence-electron chi connectivity index (χ3n) is 4.25. The van der Waals surface area contributed by atoms with Crippen LogP contribution in [0.1, 0.15) is 23.2 Å². The molecule has 1 N–H and O–H groups in total. The van der Waals surface area contributed by atoms with Crippen LogP contribution in [0.3, 0.4) is 0 Å². The van der Waals surface area contributed by atoms with E-state index in [4.69, 9.17) is 14.2 Å². The molecule has 7 nitrogen and oxygen atoms in total. The maximum absolute atomic E-state index is 12.3. The zero-order chi connectivity index (χ0) is 19.8. The number of nitrogens with one attached hydrogen (secondary N) is 1. The monoisotopic (exact) mass is 405 g/mol. The number of benzene rings is 2. The standard InChI is InChI=1S/C20H23NO6S/c22-20(27-14-13-26-17-5-2-1-3-6-17)16-8-10-19(11-9-16)28(23,24)21-15-18-7-4-12-25-18/h1-3,5-6,8-11,18,21H,4,7,12-15H2. The number of para-hydroxylation sites is 1. The van der Waals surface area contributed by atoms with Crippen LogP contribution in [0, 0.1) is 0 Å². The molecule has 1 saturated heterocycles. The number of rotatable bonds is 9. The van der Waals surface area contributed by atoms with Crippen molar-refractivity contribution < 1.29 is 27.4 Å². The third-order valence-corrected chi connectivity index (χ3v) is 5.69. The number of carbonyl (C=O) groups excluding carboxylic acids is 1. The summed E-state index contributed by atoms with van der Waals surface area (Å²) in [6.07, 6.45) is 1.71. The lowest BCUT2D eigenvalue weighted by Crippen LogP contribution is -2.31. The molecule has 1 atom stereocenters. The van der Waals surface area contributed by atoms with Crippen molar-refractivity contribution in [3.05, 3.63) is 60.2 Å². The van der Waals surface area contributed by atoms with Crippen molar-refractivity contribution in [2.45, 2.75) is 23.8 Å². The Labute approximate surface area is 164 Å². The van der Waals surface area contributed by atoms with E-state index in [1.54, 1.807) is 0 Å². The van der Waals surface area contributed by atoms with Gasteiger partial charge in [0.05, 0.1) is 16.6 Å². The average molecular weight is 405 g/mol. The van der Waals surface area contributed by atoms with Gasteiger partial charge < -0.3 is 14.2 Å². The fraction of sp³-hybridized carbons (Fsp3) is 0.350. The molecule has 0 amide bonds. The zero-order valence-corrected chi connectivity index (χ0v) is 16.2. The summed E-state index contributed by atoms with van der Waals surface area (Å²) < 4.78 is 43.2. The summed E-state index contributed by atoms with van der Waals surface area (Å²) >= 11 is 0. The minimum Gasteiger partial charge on any atom is -0.490 e. The first-order chi connectivity index (χ1) is 13.5. The number of sulfonamides is 1. The van der Waals surface area contributed by atoms with Crippen molar-refractivity contribution in [2.75, 3.05) is 26.4 Å². The first-order valence-electron chi connectivity index (χ1n) is 9.11. The van der Waals surface area contributed by atoms with Gasteiger partial charge in [-0.2, -0.15) is 0 Å². The molecule has 0 saturated carbocycles. The van der Waals surface area contributed by atoms with E-state index in [1.807, 2.05) is 30.3 Å². The second-order valence-corrected chi connectivity index (χ2v) is 8.08. The predicted molar refractivity (Wildman–Crippen MR) is 103 cm³/mol. The van der Waals surface area contributed by atoms with Gasteiger partial charge in [0.15, 0.2) is 0 Å². The lowest BCUT2D eigenvalue weighted by Gasteiger charge is -2.11. The van der Waals surface area contributed by atoms with Crippen LogP contribution in [0.2, 0.25) is 0 Å². The smallest absolute Gasteiger partial charge is 0.338 e. The van der Waals surface area contributed by atoms with Gasteiger partial charge in [-0.15, -0.1) is 0 Å². The molecule has 150 valence electrons. The van der Waals surface area contributed by atoms with Gasteiger partial charge in [-0.25, -0.2) is 17.9 Å².